The Morgan fingerprint density at radius 2 is 2.00 bits per heavy atom. The Morgan fingerprint density at radius 3 is 2.72 bits per heavy atom. The van der Waals surface area contributed by atoms with E-state index in [1.807, 2.05) is 0 Å². The summed E-state index contributed by atoms with van der Waals surface area (Å²) in [5.74, 6) is 0.388. The summed E-state index contributed by atoms with van der Waals surface area (Å²) in [6.07, 6.45) is 8.13. The standard InChI is InChI=1S/C15H28N2O/c1-3-5-11-16-12-6-8-15(10-13-16)9-7-14(18)17(15)4-2/h3-13H2,1-2H3/t15-/m0/s1. The van der Waals surface area contributed by atoms with Gasteiger partial charge in [0.2, 0.25) is 5.91 Å². The van der Waals surface area contributed by atoms with E-state index in [2.05, 4.69) is 23.6 Å². The van der Waals surface area contributed by atoms with Crippen LogP contribution in [0, 0.1) is 0 Å². The topological polar surface area (TPSA) is 23.6 Å². The summed E-state index contributed by atoms with van der Waals surface area (Å²) in [5, 5.41) is 0. The van der Waals surface area contributed by atoms with Gasteiger partial charge in [0.1, 0.15) is 0 Å². The van der Waals surface area contributed by atoms with Crippen LogP contribution >= 0.6 is 0 Å². The van der Waals surface area contributed by atoms with E-state index in [-0.39, 0.29) is 5.54 Å². The molecule has 1 spiro atoms. The van der Waals surface area contributed by atoms with Gasteiger partial charge in [-0.25, -0.2) is 0 Å². The predicted molar refractivity (Wildman–Crippen MR) is 74.6 cm³/mol. The van der Waals surface area contributed by atoms with Crippen LogP contribution in [-0.2, 0) is 4.79 Å². The zero-order valence-electron chi connectivity index (χ0n) is 12.1. The van der Waals surface area contributed by atoms with Gasteiger partial charge in [0.05, 0.1) is 0 Å². The van der Waals surface area contributed by atoms with Crippen molar-refractivity contribution in [1.82, 2.24) is 9.80 Å². The molecule has 3 heteroatoms. The van der Waals surface area contributed by atoms with Crippen molar-refractivity contribution in [2.24, 2.45) is 0 Å². The van der Waals surface area contributed by atoms with Crippen molar-refractivity contribution in [2.75, 3.05) is 26.2 Å². The number of carbonyl (C=O) groups excluding carboxylic acids is 1. The predicted octanol–water partition coefficient (Wildman–Crippen LogP) is 2.65. The maximum Gasteiger partial charge on any atom is 0.223 e. The number of carbonyl (C=O) groups is 1. The molecule has 1 amide bonds. The maximum atomic E-state index is 12.0. The van der Waals surface area contributed by atoms with Gasteiger partial charge in [-0.3, -0.25) is 4.79 Å². The third kappa shape index (κ3) is 2.71. The van der Waals surface area contributed by atoms with Gasteiger partial charge < -0.3 is 9.80 Å². The molecule has 0 aromatic rings. The summed E-state index contributed by atoms with van der Waals surface area (Å²) in [6.45, 7) is 8.94. The first-order valence-corrected chi connectivity index (χ1v) is 7.74. The van der Waals surface area contributed by atoms with Crippen LogP contribution in [0.5, 0.6) is 0 Å². The second-order valence-electron chi connectivity index (χ2n) is 5.91. The van der Waals surface area contributed by atoms with Crippen LogP contribution in [0.4, 0.5) is 0 Å². The van der Waals surface area contributed by atoms with E-state index in [0.29, 0.717) is 5.91 Å². The van der Waals surface area contributed by atoms with Crippen molar-refractivity contribution in [1.29, 1.82) is 0 Å². The molecule has 0 N–H and O–H groups in total. The van der Waals surface area contributed by atoms with Gasteiger partial charge in [-0.05, 0) is 52.1 Å². The molecular formula is C15H28N2O. The minimum Gasteiger partial charge on any atom is -0.337 e. The highest BCUT2D eigenvalue weighted by molar-refractivity contribution is 5.79. The summed E-state index contributed by atoms with van der Waals surface area (Å²) in [4.78, 5) is 16.7. The number of hydrogen-bond donors (Lipinski definition) is 0. The lowest BCUT2D eigenvalue weighted by molar-refractivity contribution is -0.131. The molecule has 0 aromatic heterocycles. The van der Waals surface area contributed by atoms with Crippen LogP contribution in [0.1, 0.15) is 58.8 Å². The average molecular weight is 252 g/mol. The van der Waals surface area contributed by atoms with Crippen molar-refractivity contribution < 1.29 is 4.79 Å². The molecule has 2 heterocycles. The fraction of sp³-hybridized carbons (Fsp3) is 0.933. The Hall–Kier alpha value is -0.570. The number of unbranched alkanes of at least 4 members (excludes halogenated alkanes) is 1. The molecule has 0 saturated carbocycles. The van der Waals surface area contributed by atoms with Crippen LogP contribution in [0.25, 0.3) is 0 Å². The van der Waals surface area contributed by atoms with Gasteiger partial charge in [-0.1, -0.05) is 13.3 Å². The minimum atomic E-state index is 0.215. The Labute approximate surface area is 112 Å². The maximum absolute atomic E-state index is 12.0. The van der Waals surface area contributed by atoms with Crippen LogP contribution in [-0.4, -0.2) is 47.4 Å². The second kappa shape index (κ2) is 6.05. The Kier molecular flexibility index (Phi) is 4.66. The van der Waals surface area contributed by atoms with Crippen molar-refractivity contribution in [2.45, 2.75) is 64.3 Å². The molecular weight excluding hydrogens is 224 g/mol. The molecule has 0 unspecified atom stereocenters. The van der Waals surface area contributed by atoms with E-state index in [1.165, 1.54) is 51.7 Å². The summed E-state index contributed by atoms with van der Waals surface area (Å²) < 4.78 is 0. The molecule has 0 radical (unpaired) electrons. The Morgan fingerprint density at radius 1 is 1.17 bits per heavy atom. The number of likely N-dealkylation sites (tertiary alicyclic amines) is 2. The van der Waals surface area contributed by atoms with E-state index in [4.69, 9.17) is 0 Å². The largest absolute Gasteiger partial charge is 0.337 e. The Balaban J connectivity index is 1.97. The van der Waals surface area contributed by atoms with E-state index in [1.54, 1.807) is 0 Å². The van der Waals surface area contributed by atoms with E-state index in [9.17, 15) is 4.79 Å². The molecule has 3 nitrogen and oxygen atoms in total. The SMILES string of the molecule is CCCCN1CCC[C@]2(CCC(=O)N2CC)CC1. The summed E-state index contributed by atoms with van der Waals surface area (Å²) >= 11 is 0. The van der Waals surface area contributed by atoms with Gasteiger partial charge in [-0.2, -0.15) is 0 Å². The summed E-state index contributed by atoms with van der Waals surface area (Å²) in [5.41, 5.74) is 0.215. The van der Waals surface area contributed by atoms with Gasteiger partial charge >= 0.3 is 0 Å². The molecule has 0 aliphatic carbocycles. The molecule has 2 aliphatic heterocycles. The van der Waals surface area contributed by atoms with Gasteiger partial charge in [0.25, 0.3) is 0 Å². The van der Waals surface area contributed by atoms with Crippen molar-refractivity contribution in [3.05, 3.63) is 0 Å². The summed E-state index contributed by atoms with van der Waals surface area (Å²) in [6, 6.07) is 0. The van der Waals surface area contributed by atoms with Crippen LogP contribution in [0.15, 0.2) is 0 Å². The Bertz CT molecular complexity index is 292. The molecule has 2 fully saturated rings. The first kappa shape index (κ1) is 13.9. The fourth-order valence-corrected chi connectivity index (χ4v) is 3.75. The zero-order valence-corrected chi connectivity index (χ0v) is 12.1. The molecule has 2 rings (SSSR count). The lowest BCUT2D eigenvalue weighted by Crippen LogP contribution is -2.46. The van der Waals surface area contributed by atoms with Gasteiger partial charge in [0.15, 0.2) is 0 Å². The number of rotatable bonds is 4. The normalized spacial score (nSPS) is 30.1. The molecule has 0 bridgehead atoms. The van der Waals surface area contributed by atoms with Gasteiger partial charge in [-0.15, -0.1) is 0 Å². The third-order valence-electron chi connectivity index (χ3n) is 4.83. The fourth-order valence-electron chi connectivity index (χ4n) is 3.75. The second-order valence-corrected chi connectivity index (χ2v) is 5.91. The highest BCUT2D eigenvalue weighted by atomic mass is 16.2. The van der Waals surface area contributed by atoms with Crippen molar-refractivity contribution in [3.63, 3.8) is 0 Å². The molecule has 0 aromatic carbocycles. The molecule has 18 heavy (non-hydrogen) atoms. The van der Waals surface area contributed by atoms with Crippen LogP contribution in [0.2, 0.25) is 0 Å². The summed E-state index contributed by atoms with van der Waals surface area (Å²) in [7, 11) is 0. The number of amides is 1. The average Bonchev–Trinajstić information content (AvgIpc) is 2.56. The van der Waals surface area contributed by atoms with Crippen LogP contribution in [0.3, 0.4) is 0 Å². The van der Waals surface area contributed by atoms with Gasteiger partial charge in [0, 0.05) is 25.0 Å². The van der Waals surface area contributed by atoms with Crippen molar-refractivity contribution in [3.8, 4) is 0 Å². The molecule has 2 aliphatic rings. The molecule has 1 atom stereocenters. The third-order valence-corrected chi connectivity index (χ3v) is 4.83. The van der Waals surface area contributed by atoms with E-state index in [0.717, 1.165) is 19.4 Å². The lowest BCUT2D eigenvalue weighted by Gasteiger charge is -2.37. The monoisotopic (exact) mass is 252 g/mol. The zero-order chi connectivity index (χ0) is 13.0. The highest BCUT2D eigenvalue weighted by Crippen LogP contribution is 2.38. The van der Waals surface area contributed by atoms with Crippen molar-refractivity contribution >= 4 is 5.91 Å². The molecule has 2 saturated heterocycles. The minimum absolute atomic E-state index is 0.215. The molecule has 104 valence electrons. The lowest BCUT2D eigenvalue weighted by atomic mass is 9.88. The number of nitrogens with zero attached hydrogens (tertiary/aromatic N) is 2. The number of hydrogen-bond acceptors (Lipinski definition) is 2. The quantitative estimate of drug-likeness (QED) is 0.768. The smallest absolute Gasteiger partial charge is 0.223 e. The first-order valence-electron chi connectivity index (χ1n) is 7.74. The van der Waals surface area contributed by atoms with E-state index < -0.39 is 0 Å². The van der Waals surface area contributed by atoms with E-state index >= 15 is 0 Å². The highest BCUT2D eigenvalue weighted by Gasteiger charge is 2.44. The van der Waals surface area contributed by atoms with Crippen LogP contribution < -0.4 is 0 Å². The first-order chi connectivity index (χ1) is 8.72.